The van der Waals surface area contributed by atoms with E-state index in [0.29, 0.717) is 18.3 Å². The lowest BCUT2D eigenvalue weighted by Gasteiger charge is -2.70. The SMILES string of the molecule is CC(C)(O)/C=C/C[C@](C)(O)[C@H]1CC[C@]2(C)[C@H]1[C@H](O)C[C@@H]1[C@@]3(C)CC[C@@H](O)C(C)(C)[C@@H]3CC[C@]12C. The first kappa shape index (κ1) is 26.6. The van der Waals surface area contributed by atoms with Gasteiger partial charge in [-0.25, -0.2) is 0 Å². The van der Waals surface area contributed by atoms with Gasteiger partial charge in [-0.3, -0.25) is 0 Å². The number of aliphatic hydroxyl groups is 4. The van der Waals surface area contributed by atoms with Crippen LogP contribution >= 0.6 is 0 Å². The molecule has 196 valence electrons. The molecule has 0 saturated heterocycles. The van der Waals surface area contributed by atoms with Crippen LogP contribution in [0, 0.1) is 45.3 Å². The van der Waals surface area contributed by atoms with Crippen LogP contribution < -0.4 is 0 Å². The van der Waals surface area contributed by atoms with Crippen LogP contribution in [-0.2, 0) is 0 Å². The Morgan fingerprint density at radius 1 is 0.824 bits per heavy atom. The Morgan fingerprint density at radius 2 is 1.44 bits per heavy atom. The molecule has 0 aromatic carbocycles. The Labute approximate surface area is 208 Å². The lowest BCUT2D eigenvalue weighted by molar-refractivity contribution is -0.246. The zero-order valence-corrected chi connectivity index (χ0v) is 23.1. The van der Waals surface area contributed by atoms with Crippen molar-refractivity contribution >= 4 is 0 Å². The van der Waals surface area contributed by atoms with Crippen LogP contribution in [0.1, 0.15) is 107 Å². The molecule has 0 heterocycles. The van der Waals surface area contributed by atoms with E-state index in [9.17, 15) is 20.4 Å². The molecule has 4 N–H and O–H groups in total. The summed E-state index contributed by atoms with van der Waals surface area (Å²) in [6.07, 6.45) is 10.5. The van der Waals surface area contributed by atoms with E-state index in [-0.39, 0.29) is 39.6 Å². The van der Waals surface area contributed by atoms with Gasteiger partial charge in [0.25, 0.3) is 0 Å². The van der Waals surface area contributed by atoms with E-state index in [1.807, 2.05) is 13.0 Å². The summed E-state index contributed by atoms with van der Waals surface area (Å²) in [6.45, 7) is 17.3. The minimum absolute atomic E-state index is 0.0157. The minimum atomic E-state index is -0.910. The van der Waals surface area contributed by atoms with Gasteiger partial charge in [-0.15, -0.1) is 0 Å². The molecule has 4 fully saturated rings. The van der Waals surface area contributed by atoms with Crippen LogP contribution in [-0.4, -0.2) is 43.8 Å². The van der Waals surface area contributed by atoms with Crippen molar-refractivity contribution in [1.29, 1.82) is 0 Å². The van der Waals surface area contributed by atoms with Gasteiger partial charge in [0.2, 0.25) is 0 Å². The fourth-order valence-corrected chi connectivity index (χ4v) is 10.2. The molecule has 0 aliphatic heterocycles. The molecule has 4 heteroatoms. The van der Waals surface area contributed by atoms with Crippen LogP contribution in [0.25, 0.3) is 0 Å². The fourth-order valence-electron chi connectivity index (χ4n) is 10.2. The fraction of sp³-hybridized carbons (Fsp3) is 0.933. The third kappa shape index (κ3) is 3.76. The normalized spacial score (nSPS) is 50.4. The largest absolute Gasteiger partial charge is 0.393 e. The van der Waals surface area contributed by atoms with Gasteiger partial charge in [0, 0.05) is 0 Å². The summed E-state index contributed by atoms with van der Waals surface area (Å²) < 4.78 is 0. The van der Waals surface area contributed by atoms with Crippen molar-refractivity contribution in [3.8, 4) is 0 Å². The lowest BCUT2D eigenvalue weighted by atomic mass is 9.35. The van der Waals surface area contributed by atoms with Gasteiger partial charge in [0.15, 0.2) is 0 Å². The molecule has 0 aromatic heterocycles. The number of fused-ring (bicyclic) bond motifs is 5. The molecule has 4 saturated carbocycles. The third-order valence-electron chi connectivity index (χ3n) is 12.2. The molecule has 0 spiro atoms. The highest BCUT2D eigenvalue weighted by Crippen LogP contribution is 2.75. The smallest absolute Gasteiger partial charge is 0.0771 e. The summed E-state index contributed by atoms with van der Waals surface area (Å²) in [7, 11) is 0. The second kappa shape index (κ2) is 8.04. The zero-order valence-electron chi connectivity index (χ0n) is 23.1. The van der Waals surface area contributed by atoms with E-state index in [1.54, 1.807) is 19.9 Å². The molecule has 34 heavy (non-hydrogen) atoms. The minimum Gasteiger partial charge on any atom is -0.393 e. The first-order valence-corrected chi connectivity index (χ1v) is 13.9. The van der Waals surface area contributed by atoms with E-state index < -0.39 is 17.3 Å². The van der Waals surface area contributed by atoms with Crippen LogP contribution in [0.4, 0.5) is 0 Å². The summed E-state index contributed by atoms with van der Waals surface area (Å²) in [5.41, 5.74) is -1.66. The molecule has 4 nitrogen and oxygen atoms in total. The van der Waals surface area contributed by atoms with E-state index in [1.165, 1.54) is 0 Å². The van der Waals surface area contributed by atoms with Crippen molar-refractivity contribution in [3.05, 3.63) is 12.2 Å². The maximum Gasteiger partial charge on any atom is 0.0771 e. The molecule has 4 rings (SSSR count). The third-order valence-corrected chi connectivity index (χ3v) is 12.2. The van der Waals surface area contributed by atoms with Crippen molar-refractivity contribution in [2.75, 3.05) is 0 Å². The number of aliphatic hydroxyl groups excluding tert-OH is 2. The van der Waals surface area contributed by atoms with Crippen molar-refractivity contribution in [3.63, 3.8) is 0 Å². The summed E-state index contributed by atoms with van der Waals surface area (Å²) >= 11 is 0. The monoisotopic (exact) mass is 476 g/mol. The molecule has 0 aromatic rings. The second-order valence-electron chi connectivity index (χ2n) is 15.0. The summed E-state index contributed by atoms with van der Waals surface area (Å²) in [5, 5.41) is 44.3. The molecule has 4 aliphatic rings. The molecule has 0 amide bonds. The topological polar surface area (TPSA) is 80.9 Å². The van der Waals surface area contributed by atoms with Gasteiger partial charge < -0.3 is 20.4 Å². The van der Waals surface area contributed by atoms with Crippen LogP contribution in [0.3, 0.4) is 0 Å². The number of rotatable bonds is 4. The second-order valence-corrected chi connectivity index (χ2v) is 15.0. The van der Waals surface area contributed by atoms with Crippen molar-refractivity contribution in [1.82, 2.24) is 0 Å². The summed E-state index contributed by atoms with van der Waals surface area (Å²) in [5.74, 6) is 1.04. The number of hydrogen-bond acceptors (Lipinski definition) is 4. The molecular formula is C30H52O4. The maximum absolute atomic E-state index is 11.8. The molecule has 10 atom stereocenters. The first-order chi connectivity index (χ1) is 15.4. The Balaban J connectivity index is 1.66. The van der Waals surface area contributed by atoms with E-state index in [2.05, 4.69) is 34.6 Å². The standard InChI is InChI=1S/C30H52O4/c1-25(2,33)13-9-14-30(8,34)19-10-16-29(7)24(19)20(31)18-22-27(5)15-12-23(32)26(3,4)21(27)11-17-28(22,29)6/h9,13,19-24,31-34H,10-12,14-18H2,1-8H3/b13-9+/t19-,20+,21-,22+,23+,24+,27-,28+,29+,30-/m0/s1. The highest BCUT2D eigenvalue weighted by molar-refractivity contribution is 5.20. The van der Waals surface area contributed by atoms with Gasteiger partial charge in [0.05, 0.1) is 23.4 Å². The van der Waals surface area contributed by atoms with E-state index in [4.69, 9.17) is 0 Å². The zero-order chi connectivity index (χ0) is 25.5. The highest BCUT2D eigenvalue weighted by Gasteiger charge is 2.71. The Bertz CT molecular complexity index is 809. The Morgan fingerprint density at radius 3 is 2.06 bits per heavy atom. The number of hydrogen-bond donors (Lipinski definition) is 4. The van der Waals surface area contributed by atoms with Gasteiger partial charge in [-0.2, -0.15) is 0 Å². The van der Waals surface area contributed by atoms with E-state index >= 15 is 0 Å². The van der Waals surface area contributed by atoms with Gasteiger partial charge in [-0.05, 0) is 117 Å². The van der Waals surface area contributed by atoms with E-state index in [0.717, 1.165) is 44.9 Å². The predicted molar refractivity (Wildman–Crippen MR) is 137 cm³/mol. The first-order valence-electron chi connectivity index (χ1n) is 13.9. The quantitative estimate of drug-likeness (QED) is 0.406. The molecule has 0 radical (unpaired) electrons. The molecule has 4 aliphatic carbocycles. The van der Waals surface area contributed by atoms with Gasteiger partial charge in [-0.1, -0.05) is 46.8 Å². The van der Waals surface area contributed by atoms with Crippen LogP contribution in [0.15, 0.2) is 12.2 Å². The Hall–Kier alpha value is -0.420. The Kier molecular flexibility index (Phi) is 6.30. The van der Waals surface area contributed by atoms with Crippen molar-refractivity contribution < 1.29 is 20.4 Å². The average molecular weight is 477 g/mol. The molecule has 0 unspecified atom stereocenters. The van der Waals surface area contributed by atoms with Gasteiger partial charge >= 0.3 is 0 Å². The van der Waals surface area contributed by atoms with Crippen LogP contribution in [0.5, 0.6) is 0 Å². The van der Waals surface area contributed by atoms with Crippen molar-refractivity contribution in [2.45, 2.75) is 130 Å². The summed E-state index contributed by atoms with van der Waals surface area (Å²) in [4.78, 5) is 0. The summed E-state index contributed by atoms with van der Waals surface area (Å²) in [6, 6.07) is 0. The average Bonchev–Trinajstić information content (AvgIpc) is 3.07. The molecule has 0 bridgehead atoms. The lowest BCUT2D eigenvalue weighted by Crippen LogP contribution is -2.66. The highest BCUT2D eigenvalue weighted by atomic mass is 16.3. The predicted octanol–water partition coefficient (Wildman–Crippen LogP) is 5.47. The maximum atomic E-state index is 11.8. The van der Waals surface area contributed by atoms with Crippen molar-refractivity contribution in [2.24, 2.45) is 45.3 Å². The van der Waals surface area contributed by atoms with Gasteiger partial charge in [0.1, 0.15) is 0 Å². The molecular weight excluding hydrogens is 424 g/mol. The van der Waals surface area contributed by atoms with Crippen LogP contribution in [0.2, 0.25) is 0 Å².